The molecule has 0 aliphatic carbocycles. The molecular weight excluding hydrogens is 260 g/mol. The van der Waals surface area contributed by atoms with Crippen LogP contribution in [0.25, 0.3) is 0 Å². The lowest BCUT2D eigenvalue weighted by Gasteiger charge is -2.17. The van der Waals surface area contributed by atoms with Crippen molar-refractivity contribution in [1.82, 2.24) is 0 Å². The lowest BCUT2D eigenvalue weighted by atomic mass is 9.88. The van der Waals surface area contributed by atoms with Crippen molar-refractivity contribution in [3.05, 3.63) is 71.8 Å². The fourth-order valence-corrected chi connectivity index (χ4v) is 2.71. The zero-order valence-corrected chi connectivity index (χ0v) is 12.2. The van der Waals surface area contributed by atoms with Gasteiger partial charge in [-0.2, -0.15) is 0 Å². The smallest absolute Gasteiger partial charge is 0.303 e. The number of carboxylic acid groups (broad SMARTS) is 1. The fraction of sp³-hybridized carbons (Fsp3) is 0.316. The fourth-order valence-electron chi connectivity index (χ4n) is 2.71. The van der Waals surface area contributed by atoms with Gasteiger partial charge in [0, 0.05) is 6.42 Å². The molecule has 0 amide bonds. The van der Waals surface area contributed by atoms with Crippen LogP contribution in [0.3, 0.4) is 0 Å². The molecule has 2 rings (SSSR count). The topological polar surface area (TPSA) is 37.3 Å². The molecule has 2 heteroatoms. The van der Waals surface area contributed by atoms with Gasteiger partial charge in [-0.05, 0) is 42.7 Å². The van der Waals surface area contributed by atoms with Gasteiger partial charge in [-0.15, -0.1) is 0 Å². The van der Waals surface area contributed by atoms with Crippen LogP contribution in [0.2, 0.25) is 0 Å². The Morgan fingerprint density at radius 2 is 1.33 bits per heavy atom. The monoisotopic (exact) mass is 282 g/mol. The number of hydrogen-bond acceptors (Lipinski definition) is 1. The van der Waals surface area contributed by atoms with E-state index >= 15 is 0 Å². The van der Waals surface area contributed by atoms with E-state index in [2.05, 4.69) is 48.5 Å². The highest BCUT2D eigenvalue weighted by atomic mass is 16.4. The van der Waals surface area contributed by atoms with Crippen LogP contribution in [0.5, 0.6) is 0 Å². The molecule has 2 nitrogen and oxygen atoms in total. The zero-order valence-electron chi connectivity index (χ0n) is 12.2. The highest BCUT2D eigenvalue weighted by Crippen LogP contribution is 2.20. The van der Waals surface area contributed by atoms with Crippen molar-refractivity contribution >= 4 is 5.97 Å². The zero-order chi connectivity index (χ0) is 14.9. The Hall–Kier alpha value is -2.09. The molecule has 0 spiro atoms. The Bertz CT molecular complexity index is 493. The van der Waals surface area contributed by atoms with E-state index < -0.39 is 5.97 Å². The lowest BCUT2D eigenvalue weighted by molar-refractivity contribution is -0.137. The summed E-state index contributed by atoms with van der Waals surface area (Å²) in [6.45, 7) is 0. The normalized spacial score (nSPS) is 10.7. The highest BCUT2D eigenvalue weighted by molar-refractivity contribution is 5.66. The first-order valence-corrected chi connectivity index (χ1v) is 7.53. The van der Waals surface area contributed by atoms with E-state index in [1.807, 2.05) is 12.1 Å². The minimum atomic E-state index is -0.701. The number of aliphatic carboxylic acids is 1. The van der Waals surface area contributed by atoms with Crippen LogP contribution < -0.4 is 0 Å². The molecule has 0 atom stereocenters. The molecule has 0 bridgehead atoms. The van der Waals surface area contributed by atoms with Crippen molar-refractivity contribution < 1.29 is 9.90 Å². The van der Waals surface area contributed by atoms with E-state index in [4.69, 9.17) is 5.11 Å². The Balaban J connectivity index is 1.97. The van der Waals surface area contributed by atoms with Crippen molar-refractivity contribution in [1.29, 1.82) is 0 Å². The van der Waals surface area contributed by atoms with Crippen LogP contribution >= 0.6 is 0 Å². The van der Waals surface area contributed by atoms with Crippen molar-refractivity contribution in [2.24, 2.45) is 5.92 Å². The van der Waals surface area contributed by atoms with Crippen LogP contribution in [-0.2, 0) is 17.6 Å². The molecule has 0 fully saturated rings. The first-order chi connectivity index (χ1) is 10.2. The van der Waals surface area contributed by atoms with E-state index in [0.29, 0.717) is 5.92 Å². The van der Waals surface area contributed by atoms with E-state index in [-0.39, 0.29) is 6.42 Å². The van der Waals surface area contributed by atoms with Gasteiger partial charge in [0.2, 0.25) is 0 Å². The molecule has 0 unspecified atom stereocenters. The first-order valence-electron chi connectivity index (χ1n) is 7.53. The number of rotatable bonds is 8. The number of carbonyl (C=O) groups is 1. The summed E-state index contributed by atoms with van der Waals surface area (Å²) in [6, 6.07) is 20.9. The third kappa shape index (κ3) is 5.82. The third-order valence-corrected chi connectivity index (χ3v) is 3.74. The van der Waals surface area contributed by atoms with Gasteiger partial charge in [0.1, 0.15) is 0 Å². The van der Waals surface area contributed by atoms with Crippen LogP contribution in [0, 0.1) is 5.92 Å². The predicted molar refractivity (Wildman–Crippen MR) is 85.3 cm³/mol. The SMILES string of the molecule is O=C(O)CCCC(Cc1ccccc1)Cc1ccccc1. The molecule has 0 heterocycles. The molecule has 0 saturated carbocycles. The summed E-state index contributed by atoms with van der Waals surface area (Å²) in [4.78, 5) is 10.7. The molecule has 21 heavy (non-hydrogen) atoms. The van der Waals surface area contributed by atoms with Crippen molar-refractivity contribution in [3.63, 3.8) is 0 Å². The highest BCUT2D eigenvalue weighted by Gasteiger charge is 2.11. The average molecular weight is 282 g/mol. The van der Waals surface area contributed by atoms with Gasteiger partial charge in [-0.3, -0.25) is 4.79 Å². The van der Waals surface area contributed by atoms with Gasteiger partial charge in [0.15, 0.2) is 0 Å². The summed E-state index contributed by atoms with van der Waals surface area (Å²) < 4.78 is 0. The molecule has 0 aliphatic rings. The molecule has 0 aromatic heterocycles. The lowest BCUT2D eigenvalue weighted by Crippen LogP contribution is -2.09. The first kappa shape index (κ1) is 15.3. The van der Waals surface area contributed by atoms with Crippen LogP contribution in [-0.4, -0.2) is 11.1 Å². The predicted octanol–water partition coefficient (Wildman–Crippen LogP) is 4.34. The summed E-state index contributed by atoms with van der Waals surface area (Å²) in [5, 5.41) is 8.81. The van der Waals surface area contributed by atoms with Crippen LogP contribution in [0.1, 0.15) is 30.4 Å². The molecule has 2 aromatic rings. The van der Waals surface area contributed by atoms with Gasteiger partial charge in [0.25, 0.3) is 0 Å². The summed E-state index contributed by atoms with van der Waals surface area (Å²) in [5.74, 6) is -0.206. The Labute approximate surface area is 126 Å². The molecule has 0 radical (unpaired) electrons. The van der Waals surface area contributed by atoms with Crippen molar-refractivity contribution in [2.75, 3.05) is 0 Å². The second kappa shape index (κ2) is 8.25. The number of hydrogen-bond donors (Lipinski definition) is 1. The van der Waals surface area contributed by atoms with E-state index in [1.54, 1.807) is 0 Å². The summed E-state index contributed by atoms with van der Waals surface area (Å²) in [5.41, 5.74) is 2.66. The second-order valence-electron chi connectivity index (χ2n) is 5.53. The molecule has 0 aliphatic heterocycles. The second-order valence-corrected chi connectivity index (χ2v) is 5.53. The summed E-state index contributed by atoms with van der Waals surface area (Å²) >= 11 is 0. The maximum Gasteiger partial charge on any atom is 0.303 e. The van der Waals surface area contributed by atoms with Crippen molar-refractivity contribution in [3.8, 4) is 0 Å². The quantitative estimate of drug-likeness (QED) is 0.782. The molecule has 110 valence electrons. The standard InChI is InChI=1S/C19H22O2/c20-19(21)13-7-12-18(14-16-8-3-1-4-9-16)15-17-10-5-2-6-11-17/h1-6,8-11,18H,7,12-15H2,(H,20,21). The molecule has 1 N–H and O–H groups in total. The van der Waals surface area contributed by atoms with E-state index in [1.165, 1.54) is 11.1 Å². The summed E-state index contributed by atoms with van der Waals surface area (Å²) in [6.07, 6.45) is 3.99. The number of benzene rings is 2. The minimum Gasteiger partial charge on any atom is -0.481 e. The Morgan fingerprint density at radius 1 is 0.857 bits per heavy atom. The average Bonchev–Trinajstić information content (AvgIpc) is 2.49. The largest absolute Gasteiger partial charge is 0.481 e. The van der Waals surface area contributed by atoms with Gasteiger partial charge in [0.05, 0.1) is 0 Å². The maximum atomic E-state index is 10.7. The number of carboxylic acids is 1. The Kier molecular flexibility index (Phi) is 6.01. The van der Waals surface area contributed by atoms with Gasteiger partial charge in [-0.1, -0.05) is 60.7 Å². The minimum absolute atomic E-state index is 0.264. The Morgan fingerprint density at radius 3 is 1.76 bits per heavy atom. The van der Waals surface area contributed by atoms with E-state index in [9.17, 15) is 4.79 Å². The van der Waals surface area contributed by atoms with Crippen LogP contribution in [0.4, 0.5) is 0 Å². The van der Waals surface area contributed by atoms with Crippen molar-refractivity contribution in [2.45, 2.75) is 32.1 Å². The molecule has 0 saturated heterocycles. The molecular formula is C19H22O2. The third-order valence-electron chi connectivity index (χ3n) is 3.74. The maximum absolute atomic E-state index is 10.7. The molecule has 2 aromatic carbocycles. The van der Waals surface area contributed by atoms with Gasteiger partial charge < -0.3 is 5.11 Å². The summed E-state index contributed by atoms with van der Waals surface area (Å²) in [7, 11) is 0. The van der Waals surface area contributed by atoms with Gasteiger partial charge in [-0.25, -0.2) is 0 Å². The van der Waals surface area contributed by atoms with Gasteiger partial charge >= 0.3 is 5.97 Å². The van der Waals surface area contributed by atoms with E-state index in [0.717, 1.165) is 25.7 Å². The van der Waals surface area contributed by atoms with Crippen LogP contribution in [0.15, 0.2) is 60.7 Å².